The first-order valence-electron chi connectivity index (χ1n) is 7.73. The molecule has 0 atom stereocenters. The van der Waals surface area contributed by atoms with Crippen molar-refractivity contribution >= 4 is 0 Å². The van der Waals surface area contributed by atoms with Gasteiger partial charge in [-0.2, -0.15) is 0 Å². The van der Waals surface area contributed by atoms with Crippen molar-refractivity contribution in [2.24, 2.45) is 0 Å². The average Bonchev–Trinajstić information content (AvgIpc) is 2.56. The summed E-state index contributed by atoms with van der Waals surface area (Å²) in [4.78, 5) is 0. The highest BCUT2D eigenvalue weighted by molar-refractivity contribution is 5.63. The summed E-state index contributed by atoms with van der Waals surface area (Å²) in [7, 11) is 0. The van der Waals surface area contributed by atoms with E-state index in [0.717, 1.165) is 31.6 Å². The Kier molecular flexibility index (Phi) is 6.45. The minimum Gasteiger partial charge on any atom is -0.348 e. The highest BCUT2D eigenvalue weighted by Gasteiger charge is 2.12. The zero-order valence-electron chi connectivity index (χ0n) is 12.9. The van der Waals surface area contributed by atoms with Crippen LogP contribution in [-0.2, 0) is 9.47 Å². The molecule has 0 spiro atoms. The predicted octanol–water partition coefficient (Wildman–Crippen LogP) is 5.21. The van der Waals surface area contributed by atoms with Gasteiger partial charge < -0.3 is 9.47 Å². The molecule has 2 rings (SSSR count). The maximum Gasteiger partial charge on any atom is 0.183 e. The second kappa shape index (κ2) is 8.60. The first-order chi connectivity index (χ1) is 10.3. The van der Waals surface area contributed by atoms with Crippen LogP contribution in [0.25, 0.3) is 11.1 Å². The van der Waals surface area contributed by atoms with E-state index in [4.69, 9.17) is 9.47 Å². The van der Waals surface area contributed by atoms with Crippen molar-refractivity contribution in [2.75, 3.05) is 13.2 Å². The number of hydrogen-bond donors (Lipinski definition) is 0. The van der Waals surface area contributed by atoms with Crippen LogP contribution in [0.1, 0.15) is 38.5 Å². The average molecular weight is 284 g/mol. The fourth-order valence-corrected chi connectivity index (χ4v) is 2.15. The van der Waals surface area contributed by atoms with Crippen LogP contribution < -0.4 is 0 Å². The van der Waals surface area contributed by atoms with Crippen LogP contribution >= 0.6 is 0 Å². The normalized spacial score (nSPS) is 11.0. The molecule has 0 fully saturated rings. The van der Waals surface area contributed by atoms with Gasteiger partial charge in [0.25, 0.3) is 0 Å². The molecule has 112 valence electrons. The minimum absolute atomic E-state index is 0.255. The van der Waals surface area contributed by atoms with E-state index in [2.05, 4.69) is 62.4 Å². The topological polar surface area (TPSA) is 18.5 Å². The van der Waals surface area contributed by atoms with Gasteiger partial charge in [0.1, 0.15) is 0 Å². The van der Waals surface area contributed by atoms with Crippen LogP contribution in [0.5, 0.6) is 0 Å². The molecule has 21 heavy (non-hydrogen) atoms. The molecule has 0 amide bonds. The van der Waals surface area contributed by atoms with E-state index in [1.165, 1.54) is 11.1 Å². The van der Waals surface area contributed by atoms with Crippen molar-refractivity contribution in [2.45, 2.75) is 33.0 Å². The summed E-state index contributed by atoms with van der Waals surface area (Å²) in [5.74, 6) is 0. The lowest BCUT2D eigenvalue weighted by molar-refractivity contribution is -0.146. The second-order valence-corrected chi connectivity index (χ2v) is 5.06. The molecule has 0 unspecified atom stereocenters. The highest BCUT2D eigenvalue weighted by Crippen LogP contribution is 2.24. The van der Waals surface area contributed by atoms with Crippen molar-refractivity contribution in [1.82, 2.24) is 0 Å². The Balaban J connectivity index is 2.11. The Labute approximate surface area is 127 Å². The van der Waals surface area contributed by atoms with Gasteiger partial charge in [-0.05, 0) is 24.0 Å². The van der Waals surface area contributed by atoms with E-state index in [1.807, 2.05) is 6.07 Å². The van der Waals surface area contributed by atoms with E-state index in [0.29, 0.717) is 0 Å². The number of benzene rings is 2. The van der Waals surface area contributed by atoms with Gasteiger partial charge in [-0.25, -0.2) is 0 Å². The molecular formula is C19H24O2. The van der Waals surface area contributed by atoms with Crippen molar-refractivity contribution in [3.05, 3.63) is 60.2 Å². The maximum atomic E-state index is 5.80. The molecular weight excluding hydrogens is 260 g/mol. The third-order valence-corrected chi connectivity index (χ3v) is 3.24. The molecule has 2 nitrogen and oxygen atoms in total. The van der Waals surface area contributed by atoms with Crippen LogP contribution in [0.4, 0.5) is 0 Å². The van der Waals surface area contributed by atoms with E-state index in [9.17, 15) is 0 Å². The summed E-state index contributed by atoms with van der Waals surface area (Å²) in [6, 6.07) is 18.8. The maximum absolute atomic E-state index is 5.80. The molecule has 0 bridgehead atoms. The quantitative estimate of drug-likeness (QED) is 0.620. The van der Waals surface area contributed by atoms with Gasteiger partial charge in [-0.15, -0.1) is 0 Å². The third kappa shape index (κ3) is 4.69. The Morgan fingerprint density at radius 3 is 1.76 bits per heavy atom. The Bertz CT molecular complexity index is 497. The van der Waals surface area contributed by atoms with E-state index >= 15 is 0 Å². The molecule has 0 aliphatic heterocycles. The number of rotatable bonds is 8. The second-order valence-electron chi connectivity index (χ2n) is 5.06. The number of hydrogen-bond acceptors (Lipinski definition) is 2. The van der Waals surface area contributed by atoms with Crippen LogP contribution in [-0.4, -0.2) is 13.2 Å². The summed E-state index contributed by atoms with van der Waals surface area (Å²) < 4.78 is 11.6. The Hall–Kier alpha value is -1.64. The minimum atomic E-state index is -0.255. The molecule has 0 aromatic heterocycles. The van der Waals surface area contributed by atoms with Crippen molar-refractivity contribution in [1.29, 1.82) is 0 Å². The lowest BCUT2D eigenvalue weighted by Crippen LogP contribution is -2.10. The third-order valence-electron chi connectivity index (χ3n) is 3.24. The van der Waals surface area contributed by atoms with Gasteiger partial charge in [0.05, 0.1) is 0 Å². The van der Waals surface area contributed by atoms with Crippen LogP contribution in [0, 0.1) is 0 Å². The van der Waals surface area contributed by atoms with Crippen molar-refractivity contribution in [3.8, 4) is 11.1 Å². The van der Waals surface area contributed by atoms with E-state index in [1.54, 1.807) is 0 Å². The van der Waals surface area contributed by atoms with Gasteiger partial charge in [0.15, 0.2) is 6.29 Å². The van der Waals surface area contributed by atoms with Gasteiger partial charge >= 0.3 is 0 Å². The lowest BCUT2D eigenvalue weighted by Gasteiger charge is -2.18. The van der Waals surface area contributed by atoms with Crippen LogP contribution in [0.15, 0.2) is 54.6 Å². The SMILES string of the molecule is CCCOC(OCCC)c1ccc(-c2ccccc2)cc1. The predicted molar refractivity (Wildman–Crippen MR) is 87.1 cm³/mol. The summed E-state index contributed by atoms with van der Waals surface area (Å²) in [5, 5.41) is 0. The zero-order chi connectivity index (χ0) is 14.9. The first kappa shape index (κ1) is 15.7. The molecule has 2 aromatic carbocycles. The number of ether oxygens (including phenoxy) is 2. The van der Waals surface area contributed by atoms with Gasteiger partial charge in [-0.1, -0.05) is 68.4 Å². The van der Waals surface area contributed by atoms with Crippen molar-refractivity contribution in [3.63, 3.8) is 0 Å². The summed E-state index contributed by atoms with van der Waals surface area (Å²) >= 11 is 0. The zero-order valence-corrected chi connectivity index (χ0v) is 12.9. The summed E-state index contributed by atoms with van der Waals surface area (Å²) in [6.07, 6.45) is 1.73. The monoisotopic (exact) mass is 284 g/mol. The van der Waals surface area contributed by atoms with Crippen molar-refractivity contribution < 1.29 is 9.47 Å². The molecule has 0 saturated heterocycles. The fourth-order valence-electron chi connectivity index (χ4n) is 2.15. The summed E-state index contributed by atoms with van der Waals surface area (Å²) in [6.45, 7) is 5.65. The molecule has 0 radical (unpaired) electrons. The standard InChI is InChI=1S/C19H24O2/c1-3-14-20-19(21-15-4-2)18-12-10-17(11-13-18)16-8-6-5-7-9-16/h5-13,19H,3-4,14-15H2,1-2H3. The summed E-state index contributed by atoms with van der Waals surface area (Å²) in [5.41, 5.74) is 3.52. The Morgan fingerprint density at radius 1 is 0.714 bits per heavy atom. The van der Waals surface area contributed by atoms with Crippen LogP contribution in [0.3, 0.4) is 0 Å². The molecule has 2 heteroatoms. The smallest absolute Gasteiger partial charge is 0.183 e. The lowest BCUT2D eigenvalue weighted by atomic mass is 10.0. The van der Waals surface area contributed by atoms with E-state index < -0.39 is 0 Å². The molecule has 0 saturated carbocycles. The molecule has 0 aliphatic rings. The fraction of sp³-hybridized carbons (Fsp3) is 0.368. The molecule has 2 aromatic rings. The molecule has 0 heterocycles. The Morgan fingerprint density at radius 2 is 1.24 bits per heavy atom. The van der Waals surface area contributed by atoms with Gasteiger partial charge in [-0.3, -0.25) is 0 Å². The highest BCUT2D eigenvalue weighted by atomic mass is 16.7. The molecule has 0 aliphatic carbocycles. The first-order valence-corrected chi connectivity index (χ1v) is 7.73. The largest absolute Gasteiger partial charge is 0.348 e. The van der Waals surface area contributed by atoms with Crippen LogP contribution in [0.2, 0.25) is 0 Å². The molecule has 0 N–H and O–H groups in total. The van der Waals surface area contributed by atoms with Gasteiger partial charge in [0, 0.05) is 18.8 Å². The van der Waals surface area contributed by atoms with Gasteiger partial charge in [0.2, 0.25) is 0 Å². The van der Waals surface area contributed by atoms with E-state index in [-0.39, 0.29) is 6.29 Å².